The van der Waals surface area contributed by atoms with Gasteiger partial charge in [-0.25, -0.2) is 13.8 Å². The molecule has 1 amide bonds. The lowest BCUT2D eigenvalue weighted by Crippen LogP contribution is -2.32. The Labute approximate surface area is 236 Å². The van der Waals surface area contributed by atoms with Crippen molar-refractivity contribution in [2.24, 2.45) is 0 Å². The zero-order valence-electron chi connectivity index (χ0n) is 20.9. The summed E-state index contributed by atoms with van der Waals surface area (Å²) in [5, 5.41) is 4.81. The molecule has 1 saturated heterocycles. The molecular formula is C28H25BrFN4O4S-. The van der Waals surface area contributed by atoms with Crippen LogP contribution in [-0.4, -0.2) is 42.0 Å². The van der Waals surface area contributed by atoms with Gasteiger partial charge in [-0.3, -0.25) is 9.00 Å². The van der Waals surface area contributed by atoms with Gasteiger partial charge in [0.15, 0.2) is 6.23 Å². The van der Waals surface area contributed by atoms with Crippen molar-refractivity contribution >= 4 is 33.1 Å². The van der Waals surface area contributed by atoms with E-state index in [0.29, 0.717) is 29.8 Å². The number of nitrogens with one attached hydrogen (secondary N) is 1. The molecule has 3 atom stereocenters. The molecule has 0 aliphatic carbocycles. The van der Waals surface area contributed by atoms with Crippen LogP contribution >= 0.6 is 15.9 Å². The van der Waals surface area contributed by atoms with E-state index in [4.69, 9.17) is 9.84 Å². The Morgan fingerprint density at radius 3 is 2.38 bits per heavy atom. The normalized spacial score (nSPS) is 18.1. The first kappa shape index (κ1) is 27.4. The van der Waals surface area contributed by atoms with E-state index in [-0.39, 0.29) is 18.3 Å². The predicted molar refractivity (Wildman–Crippen MR) is 148 cm³/mol. The fraction of sp³-hybridized carbons (Fsp3) is 0.214. The van der Waals surface area contributed by atoms with Crippen LogP contribution in [0.4, 0.5) is 4.39 Å². The number of carbonyl (C=O) groups is 1. The summed E-state index contributed by atoms with van der Waals surface area (Å²) in [7, 11) is 0. The van der Waals surface area contributed by atoms with Crippen molar-refractivity contribution in [3.8, 4) is 16.9 Å². The first-order valence-electron chi connectivity index (χ1n) is 12.3. The molecule has 4 aromatic rings. The molecule has 1 N–H and O–H groups in total. The first-order chi connectivity index (χ1) is 18.8. The van der Waals surface area contributed by atoms with Crippen molar-refractivity contribution in [1.29, 1.82) is 0 Å². The Bertz CT molecular complexity index is 1480. The minimum absolute atomic E-state index is 0.125. The fourth-order valence-electron chi connectivity index (χ4n) is 4.48. The van der Waals surface area contributed by atoms with Gasteiger partial charge in [-0.15, -0.1) is 0 Å². The van der Waals surface area contributed by atoms with Crippen molar-refractivity contribution in [2.45, 2.75) is 32.2 Å². The minimum Gasteiger partial charge on any atom is -0.760 e. The number of hydrogen-bond donors (Lipinski definition) is 1. The van der Waals surface area contributed by atoms with E-state index in [9.17, 15) is 17.9 Å². The number of carbonyl (C=O) groups excluding carboxylic acids is 1. The highest BCUT2D eigenvalue weighted by Crippen LogP contribution is 2.37. The largest absolute Gasteiger partial charge is 0.760 e. The standard InChI is InChI=1S/C28H26BrFN4O4S/c1-18-27(35)33(15-14-19-2-4-20(5-3-19)16-31-39(36)37)28(38-18)25-17-34(24-12-8-22(29)9-13-24)32-26(25)21-6-10-23(30)11-7-21/h2-13,17-18,28,31H,14-16H2,1H3,(H,36,37)/p-1. The summed E-state index contributed by atoms with van der Waals surface area (Å²) in [6.07, 6.45) is 1.12. The zero-order chi connectivity index (χ0) is 27.5. The third-order valence-corrected chi connectivity index (χ3v) is 7.43. The average Bonchev–Trinajstić information content (AvgIpc) is 3.49. The van der Waals surface area contributed by atoms with E-state index in [1.54, 1.807) is 28.6 Å². The molecule has 39 heavy (non-hydrogen) atoms. The molecule has 8 nitrogen and oxygen atoms in total. The van der Waals surface area contributed by atoms with Crippen LogP contribution in [0.3, 0.4) is 0 Å². The molecule has 202 valence electrons. The summed E-state index contributed by atoms with van der Waals surface area (Å²) in [5.41, 5.74) is 4.67. The summed E-state index contributed by atoms with van der Waals surface area (Å²) in [6, 6.07) is 21.3. The number of halogens is 2. The number of rotatable bonds is 9. The van der Waals surface area contributed by atoms with Gasteiger partial charge in [0, 0.05) is 46.2 Å². The molecule has 1 aliphatic rings. The Morgan fingerprint density at radius 2 is 1.72 bits per heavy atom. The van der Waals surface area contributed by atoms with Crippen molar-refractivity contribution in [3.63, 3.8) is 0 Å². The Kier molecular flexibility index (Phi) is 8.34. The topological polar surface area (TPSA) is 99.5 Å². The fourth-order valence-corrected chi connectivity index (χ4v) is 5.03. The van der Waals surface area contributed by atoms with Gasteiger partial charge in [0.1, 0.15) is 17.6 Å². The maximum absolute atomic E-state index is 13.7. The van der Waals surface area contributed by atoms with Gasteiger partial charge >= 0.3 is 0 Å². The van der Waals surface area contributed by atoms with Crippen LogP contribution in [0.15, 0.2) is 83.5 Å². The maximum Gasteiger partial charge on any atom is 0.253 e. The predicted octanol–water partition coefficient (Wildman–Crippen LogP) is 4.81. The summed E-state index contributed by atoms with van der Waals surface area (Å²) in [6.45, 7) is 2.35. The second-order valence-electron chi connectivity index (χ2n) is 9.15. The van der Waals surface area contributed by atoms with E-state index in [2.05, 4.69) is 20.7 Å². The first-order valence-corrected chi connectivity index (χ1v) is 14.1. The monoisotopic (exact) mass is 611 g/mol. The molecule has 11 heteroatoms. The van der Waals surface area contributed by atoms with Crippen molar-refractivity contribution in [2.75, 3.05) is 6.54 Å². The molecule has 5 rings (SSSR count). The minimum atomic E-state index is -2.32. The summed E-state index contributed by atoms with van der Waals surface area (Å²) < 4.78 is 46.4. The van der Waals surface area contributed by atoms with Crippen molar-refractivity contribution in [1.82, 2.24) is 19.4 Å². The quantitative estimate of drug-likeness (QED) is 0.274. The van der Waals surface area contributed by atoms with Crippen LogP contribution < -0.4 is 4.72 Å². The number of amides is 1. The van der Waals surface area contributed by atoms with Gasteiger partial charge in [0.2, 0.25) is 0 Å². The third-order valence-electron chi connectivity index (χ3n) is 6.52. The Balaban J connectivity index is 1.43. The maximum atomic E-state index is 13.7. The molecule has 2 heterocycles. The van der Waals surface area contributed by atoms with Gasteiger partial charge in [-0.2, -0.15) is 5.10 Å². The van der Waals surface area contributed by atoms with E-state index in [1.807, 2.05) is 54.7 Å². The second-order valence-corrected chi connectivity index (χ2v) is 10.8. The molecule has 0 saturated carbocycles. The van der Waals surface area contributed by atoms with E-state index < -0.39 is 23.6 Å². The molecule has 1 fully saturated rings. The molecule has 3 unspecified atom stereocenters. The van der Waals surface area contributed by atoms with E-state index in [1.165, 1.54) is 12.1 Å². The van der Waals surface area contributed by atoms with E-state index >= 15 is 0 Å². The molecular weight excluding hydrogens is 587 g/mol. The van der Waals surface area contributed by atoms with Gasteiger partial charge < -0.3 is 14.2 Å². The molecule has 1 aromatic heterocycles. The van der Waals surface area contributed by atoms with Gasteiger partial charge in [0.25, 0.3) is 5.91 Å². The number of benzene rings is 3. The van der Waals surface area contributed by atoms with Gasteiger partial charge in [-0.05, 0) is 73.0 Å². The lowest BCUT2D eigenvalue weighted by molar-refractivity contribution is -0.130. The Morgan fingerprint density at radius 1 is 1.05 bits per heavy atom. The lowest BCUT2D eigenvalue weighted by Gasteiger charge is -2.23. The number of aromatic nitrogens is 2. The third kappa shape index (κ3) is 6.34. The van der Waals surface area contributed by atoms with Crippen LogP contribution in [-0.2, 0) is 33.8 Å². The smallest absolute Gasteiger partial charge is 0.253 e. The molecule has 0 bridgehead atoms. The SMILES string of the molecule is CC1OC(c2cn(-c3ccc(Br)cc3)nc2-c2ccc(F)cc2)N(CCc2ccc(CNS(=O)[O-])cc2)C1=O. The van der Waals surface area contributed by atoms with Crippen molar-refractivity contribution in [3.05, 3.63) is 106 Å². The highest BCUT2D eigenvalue weighted by atomic mass is 79.9. The van der Waals surface area contributed by atoms with Gasteiger partial charge in [0.05, 0.1) is 5.69 Å². The van der Waals surface area contributed by atoms with Crippen LogP contribution in [0, 0.1) is 5.82 Å². The van der Waals surface area contributed by atoms with Crippen LogP contribution in [0.25, 0.3) is 16.9 Å². The van der Waals surface area contributed by atoms with Gasteiger partial charge in [-0.1, -0.05) is 40.2 Å². The second kappa shape index (κ2) is 11.9. The lowest BCUT2D eigenvalue weighted by atomic mass is 10.1. The van der Waals surface area contributed by atoms with Crippen LogP contribution in [0.5, 0.6) is 0 Å². The summed E-state index contributed by atoms with van der Waals surface area (Å²) in [5.74, 6) is -0.474. The molecule has 1 aliphatic heterocycles. The number of nitrogens with zero attached hydrogens (tertiary/aromatic N) is 3. The molecule has 3 aromatic carbocycles. The van der Waals surface area contributed by atoms with Crippen molar-refractivity contribution < 1.29 is 22.7 Å². The Hall–Kier alpha value is -3.22. The van der Waals surface area contributed by atoms with Crippen LogP contribution in [0.1, 0.15) is 29.8 Å². The highest BCUT2D eigenvalue weighted by molar-refractivity contribution is 9.10. The average molecular weight is 613 g/mol. The number of ether oxygens (including phenoxy) is 1. The summed E-state index contributed by atoms with van der Waals surface area (Å²) >= 11 is 1.13. The molecule has 0 radical (unpaired) electrons. The van der Waals surface area contributed by atoms with Crippen LogP contribution in [0.2, 0.25) is 0 Å². The number of hydrogen-bond acceptors (Lipinski definition) is 5. The summed E-state index contributed by atoms with van der Waals surface area (Å²) in [4.78, 5) is 14.9. The molecule has 0 spiro atoms. The zero-order valence-corrected chi connectivity index (χ0v) is 23.3. The van der Waals surface area contributed by atoms with E-state index in [0.717, 1.165) is 21.3 Å². The highest BCUT2D eigenvalue weighted by Gasteiger charge is 2.40.